The van der Waals surface area contributed by atoms with Crippen molar-refractivity contribution in [3.05, 3.63) is 137 Å². The number of hydrogen-bond acceptors (Lipinski definition) is 9. The maximum Gasteiger partial charge on any atom is 0.335 e. The molecule has 5 rings (SSSR count). The van der Waals surface area contributed by atoms with Crippen LogP contribution in [0.25, 0.3) is 11.1 Å². The molecule has 0 aliphatic heterocycles. The first kappa shape index (κ1) is 37.3. The Kier molecular flexibility index (Phi) is 11.7. The summed E-state index contributed by atoms with van der Waals surface area (Å²) < 4.78 is 27.0. The molecule has 0 bridgehead atoms. The molecule has 4 aromatic rings. The summed E-state index contributed by atoms with van der Waals surface area (Å²) in [4.78, 5) is 48.7. The molecule has 0 saturated carbocycles. The third-order valence-corrected chi connectivity index (χ3v) is 8.75. The molecule has 1 aliphatic carbocycles. The summed E-state index contributed by atoms with van der Waals surface area (Å²) in [6, 6.07) is 26.1. The maximum atomic E-state index is 12.8. The Morgan fingerprint density at radius 2 is 1.00 bits per heavy atom. The molecule has 9 nitrogen and oxygen atoms in total. The summed E-state index contributed by atoms with van der Waals surface area (Å²) in [6.45, 7) is 14.4. The minimum atomic E-state index is -0.519. The fourth-order valence-corrected chi connectivity index (χ4v) is 5.78. The van der Waals surface area contributed by atoms with Crippen LogP contribution in [0.5, 0.6) is 17.2 Å². The van der Waals surface area contributed by atoms with Crippen LogP contribution in [-0.2, 0) is 53.5 Å². The molecule has 4 aromatic carbocycles. The molecule has 1 aliphatic rings. The minimum absolute atomic E-state index is 0.160. The lowest BCUT2D eigenvalue weighted by Gasteiger charge is -2.22. The number of hydrogen-bond donors (Lipinski definition) is 0. The van der Waals surface area contributed by atoms with Crippen LogP contribution in [-0.4, -0.2) is 30.7 Å². The van der Waals surface area contributed by atoms with E-state index < -0.39 is 17.4 Å². The Hall–Kier alpha value is -5.96. The zero-order chi connectivity index (χ0) is 37.4. The molecular weight excluding hydrogens is 660 g/mol. The number of rotatable bonds is 15. The number of benzene rings is 4. The van der Waals surface area contributed by atoms with Gasteiger partial charge in [0.1, 0.15) is 23.9 Å². The normalized spacial score (nSPS) is 12.2. The maximum absolute atomic E-state index is 12.8. The van der Waals surface area contributed by atoms with E-state index in [1.54, 1.807) is 38.1 Å². The van der Waals surface area contributed by atoms with Gasteiger partial charge in [-0.1, -0.05) is 75.5 Å². The minimum Gasteiger partial charge on any atom is -0.457 e. The topological polar surface area (TPSA) is 114 Å². The highest BCUT2D eigenvalue weighted by Crippen LogP contribution is 2.50. The van der Waals surface area contributed by atoms with E-state index in [4.69, 9.17) is 23.7 Å². The summed E-state index contributed by atoms with van der Waals surface area (Å²) in [7, 11) is 0. The van der Waals surface area contributed by atoms with Crippen molar-refractivity contribution in [3.8, 4) is 28.4 Å². The van der Waals surface area contributed by atoms with Gasteiger partial charge in [0.25, 0.3) is 0 Å². The first-order valence-electron chi connectivity index (χ1n) is 17.0. The van der Waals surface area contributed by atoms with Crippen LogP contribution in [0, 0.1) is 0 Å². The van der Waals surface area contributed by atoms with E-state index in [2.05, 4.69) is 27.0 Å². The molecule has 0 saturated heterocycles. The van der Waals surface area contributed by atoms with Gasteiger partial charge >= 0.3 is 23.9 Å². The third-order valence-electron chi connectivity index (χ3n) is 8.75. The van der Waals surface area contributed by atoms with Gasteiger partial charge in [-0.3, -0.25) is 9.59 Å². The Morgan fingerprint density at radius 1 is 0.577 bits per heavy atom. The molecule has 0 aromatic heterocycles. The number of ether oxygens (including phenoxy) is 5. The highest BCUT2D eigenvalue weighted by molar-refractivity contribution is 5.87. The largest absolute Gasteiger partial charge is 0.457 e. The molecule has 9 heteroatoms. The quantitative estimate of drug-likeness (QED) is 0.0524. The average molecular weight is 703 g/mol. The number of carbonyl (C=O) groups is 4. The summed E-state index contributed by atoms with van der Waals surface area (Å²) in [5, 5.41) is 0. The first-order chi connectivity index (χ1) is 24.8. The van der Waals surface area contributed by atoms with Crippen LogP contribution in [0.4, 0.5) is 0 Å². The molecule has 0 N–H and O–H groups in total. The Labute approximate surface area is 303 Å². The second-order valence-electron chi connectivity index (χ2n) is 13.3. The summed E-state index contributed by atoms with van der Waals surface area (Å²) in [5.41, 5.74) is 7.06. The van der Waals surface area contributed by atoms with Crippen molar-refractivity contribution in [2.24, 2.45) is 0 Å². The van der Waals surface area contributed by atoms with E-state index in [9.17, 15) is 19.2 Å². The molecule has 0 spiro atoms. The number of fused-ring (bicyclic) bond motifs is 3. The summed E-state index contributed by atoms with van der Waals surface area (Å²) in [5.74, 6) is -0.175. The lowest BCUT2D eigenvalue weighted by atomic mass is 9.82. The zero-order valence-corrected chi connectivity index (χ0v) is 29.9. The third kappa shape index (κ3) is 9.42. The standard InChI is InChI=1S/C43H42O9/c1-27(2)41(46)48-25-31-9-7-29(8-10-31)13-21-39(44)51-33-17-19-35-36-20-18-34(24-38(36)43(5,6)37(35)23-33)52-40(45)22-14-30-11-15-32(16-12-30)49-26-50-42(47)28(3)4/h7-12,15-20,23-24H,1,3,13-14,21-22,25-26H2,2,4-6H3. The van der Waals surface area contributed by atoms with Gasteiger partial charge in [0.05, 0.1) is 0 Å². The SMILES string of the molecule is C=C(C)C(=O)OCOc1ccc(CCC(=O)Oc2ccc3c(c2)C(C)(C)c2cc(OC(=O)CCc4ccc(COC(=O)C(=C)C)cc4)ccc2-3)cc1. The van der Waals surface area contributed by atoms with Gasteiger partial charge in [-0.15, -0.1) is 0 Å². The molecule has 52 heavy (non-hydrogen) atoms. The second-order valence-corrected chi connectivity index (χ2v) is 13.3. The van der Waals surface area contributed by atoms with E-state index in [1.807, 2.05) is 60.7 Å². The predicted octanol–water partition coefficient (Wildman–Crippen LogP) is 8.14. The zero-order valence-electron chi connectivity index (χ0n) is 29.9. The van der Waals surface area contributed by atoms with Gasteiger partial charge in [0, 0.05) is 29.4 Å². The van der Waals surface area contributed by atoms with E-state index in [0.717, 1.165) is 38.9 Å². The molecule has 0 heterocycles. The van der Waals surface area contributed by atoms with Crippen molar-refractivity contribution < 1.29 is 42.9 Å². The van der Waals surface area contributed by atoms with Crippen LogP contribution in [0.3, 0.4) is 0 Å². The van der Waals surface area contributed by atoms with Crippen molar-refractivity contribution in [1.29, 1.82) is 0 Å². The van der Waals surface area contributed by atoms with Gasteiger partial charge in [0.2, 0.25) is 6.79 Å². The number of aryl methyl sites for hydroxylation is 2. The van der Waals surface area contributed by atoms with E-state index >= 15 is 0 Å². The Morgan fingerprint density at radius 3 is 1.48 bits per heavy atom. The van der Waals surface area contributed by atoms with Crippen LogP contribution in [0.2, 0.25) is 0 Å². The van der Waals surface area contributed by atoms with Gasteiger partial charge in [0.15, 0.2) is 0 Å². The summed E-state index contributed by atoms with van der Waals surface area (Å²) >= 11 is 0. The van der Waals surface area contributed by atoms with Crippen molar-refractivity contribution >= 4 is 23.9 Å². The molecule has 0 atom stereocenters. The molecule has 0 radical (unpaired) electrons. The lowest BCUT2D eigenvalue weighted by Crippen LogP contribution is -2.16. The monoisotopic (exact) mass is 702 g/mol. The lowest BCUT2D eigenvalue weighted by molar-refractivity contribution is -0.145. The van der Waals surface area contributed by atoms with Gasteiger partial charge in [-0.05, 0) is 102 Å². The van der Waals surface area contributed by atoms with E-state index in [1.165, 1.54) is 0 Å². The fraction of sp³-hybridized carbons (Fsp3) is 0.256. The van der Waals surface area contributed by atoms with Gasteiger partial charge in [-0.2, -0.15) is 0 Å². The number of carbonyl (C=O) groups excluding carboxylic acids is 4. The Balaban J connectivity index is 1.11. The first-order valence-corrected chi connectivity index (χ1v) is 17.0. The molecule has 0 unspecified atom stereocenters. The van der Waals surface area contributed by atoms with Crippen molar-refractivity contribution in [2.45, 2.75) is 65.4 Å². The van der Waals surface area contributed by atoms with Gasteiger partial charge in [-0.25, -0.2) is 9.59 Å². The van der Waals surface area contributed by atoms with Crippen molar-refractivity contribution in [3.63, 3.8) is 0 Å². The number of esters is 4. The van der Waals surface area contributed by atoms with E-state index in [-0.39, 0.29) is 38.2 Å². The van der Waals surface area contributed by atoms with Crippen molar-refractivity contribution in [1.82, 2.24) is 0 Å². The summed E-state index contributed by atoms with van der Waals surface area (Å²) in [6.07, 6.45) is 1.37. The average Bonchev–Trinajstić information content (AvgIpc) is 3.34. The molecule has 268 valence electrons. The molecule has 0 fully saturated rings. The second kappa shape index (κ2) is 16.4. The van der Waals surface area contributed by atoms with E-state index in [0.29, 0.717) is 41.2 Å². The van der Waals surface area contributed by atoms with Crippen LogP contribution in [0.15, 0.2) is 109 Å². The van der Waals surface area contributed by atoms with Crippen LogP contribution >= 0.6 is 0 Å². The predicted molar refractivity (Wildman–Crippen MR) is 196 cm³/mol. The fourth-order valence-electron chi connectivity index (χ4n) is 5.78. The van der Waals surface area contributed by atoms with Crippen molar-refractivity contribution in [2.75, 3.05) is 6.79 Å². The highest BCUT2D eigenvalue weighted by Gasteiger charge is 2.36. The Bertz CT molecular complexity index is 2000. The highest BCUT2D eigenvalue weighted by atomic mass is 16.7. The molecule has 0 amide bonds. The van der Waals surface area contributed by atoms with Gasteiger partial charge < -0.3 is 23.7 Å². The van der Waals surface area contributed by atoms with Crippen LogP contribution in [0.1, 0.15) is 68.4 Å². The smallest absolute Gasteiger partial charge is 0.335 e. The van der Waals surface area contributed by atoms with Crippen LogP contribution < -0.4 is 14.2 Å². The molecular formula is C43H42O9.